The van der Waals surface area contributed by atoms with Crippen LogP contribution < -0.4 is 10.6 Å². The van der Waals surface area contributed by atoms with Gasteiger partial charge in [0.1, 0.15) is 5.82 Å². The Morgan fingerprint density at radius 2 is 2.00 bits per heavy atom. The number of rotatable bonds is 4. The molecule has 1 atom stereocenters. The quantitative estimate of drug-likeness (QED) is 0.795. The highest BCUT2D eigenvalue weighted by Gasteiger charge is 2.28. The molecule has 0 heterocycles. The molecule has 0 aliphatic heterocycles. The largest absolute Gasteiger partial charge is 0.481 e. The number of halogens is 2. The maximum atomic E-state index is 13.6. The van der Waals surface area contributed by atoms with Crippen molar-refractivity contribution in [3.63, 3.8) is 0 Å². The molecule has 2 amide bonds. The average molecular weight is 317 g/mol. The number of benzene rings is 1. The Balaban J connectivity index is 2.76. The van der Waals surface area contributed by atoms with Crippen molar-refractivity contribution in [3.05, 3.63) is 29.0 Å². The normalized spacial score (nSPS) is 12.6. The second kappa shape index (κ2) is 6.76. The lowest BCUT2D eigenvalue weighted by Crippen LogP contribution is -2.46. The molecule has 0 aliphatic carbocycles. The van der Waals surface area contributed by atoms with Gasteiger partial charge in [-0.3, -0.25) is 4.79 Å². The summed E-state index contributed by atoms with van der Waals surface area (Å²) in [4.78, 5) is 22.7. The number of carbonyl (C=O) groups excluding carboxylic acids is 1. The fourth-order valence-electron chi connectivity index (χ4n) is 1.66. The van der Waals surface area contributed by atoms with Crippen LogP contribution in [0.4, 0.5) is 14.9 Å². The van der Waals surface area contributed by atoms with Crippen LogP contribution in [0.25, 0.3) is 0 Å². The van der Waals surface area contributed by atoms with Crippen LogP contribution in [0, 0.1) is 11.2 Å². The van der Waals surface area contributed by atoms with Crippen molar-refractivity contribution in [2.45, 2.75) is 33.2 Å². The SMILES string of the molecule is CC(C)(C)C(CC(=O)O)NC(=O)Nc1ccc(Cl)cc1F. The van der Waals surface area contributed by atoms with Crippen molar-refractivity contribution in [1.82, 2.24) is 5.32 Å². The lowest BCUT2D eigenvalue weighted by atomic mass is 9.85. The van der Waals surface area contributed by atoms with Crippen molar-refractivity contribution in [3.8, 4) is 0 Å². The molecule has 1 rings (SSSR count). The van der Waals surface area contributed by atoms with Crippen LogP contribution >= 0.6 is 11.6 Å². The predicted octanol–water partition coefficient (Wildman–Crippen LogP) is 3.49. The van der Waals surface area contributed by atoms with Crippen molar-refractivity contribution in [1.29, 1.82) is 0 Å². The predicted molar refractivity (Wildman–Crippen MR) is 79.1 cm³/mol. The zero-order chi connectivity index (χ0) is 16.2. The minimum atomic E-state index is -1.02. The Morgan fingerprint density at radius 3 is 2.48 bits per heavy atom. The molecule has 5 nitrogen and oxygen atoms in total. The molecule has 0 saturated carbocycles. The average Bonchev–Trinajstić information content (AvgIpc) is 2.30. The first-order valence-corrected chi connectivity index (χ1v) is 6.71. The van der Waals surface area contributed by atoms with E-state index in [4.69, 9.17) is 16.7 Å². The fraction of sp³-hybridized carbons (Fsp3) is 0.429. The summed E-state index contributed by atoms with van der Waals surface area (Å²) in [6, 6.07) is 2.59. The third-order valence-electron chi connectivity index (χ3n) is 2.91. The molecule has 21 heavy (non-hydrogen) atoms. The number of hydrogen-bond donors (Lipinski definition) is 3. The van der Waals surface area contributed by atoms with Crippen molar-refractivity contribution < 1.29 is 19.1 Å². The van der Waals surface area contributed by atoms with Crippen molar-refractivity contribution in [2.24, 2.45) is 5.41 Å². The van der Waals surface area contributed by atoms with E-state index in [1.807, 2.05) is 20.8 Å². The van der Waals surface area contributed by atoms with Gasteiger partial charge >= 0.3 is 12.0 Å². The van der Waals surface area contributed by atoms with Crippen LogP contribution in [0.1, 0.15) is 27.2 Å². The van der Waals surface area contributed by atoms with E-state index < -0.39 is 29.3 Å². The van der Waals surface area contributed by atoms with Gasteiger partial charge in [-0.05, 0) is 23.6 Å². The first kappa shape index (κ1) is 17.2. The summed E-state index contributed by atoms with van der Waals surface area (Å²) < 4.78 is 13.6. The van der Waals surface area contributed by atoms with Gasteiger partial charge in [-0.25, -0.2) is 9.18 Å². The van der Waals surface area contributed by atoms with Gasteiger partial charge in [0.25, 0.3) is 0 Å². The van der Waals surface area contributed by atoms with Gasteiger partial charge < -0.3 is 15.7 Å². The lowest BCUT2D eigenvalue weighted by Gasteiger charge is -2.30. The van der Waals surface area contributed by atoms with E-state index in [1.54, 1.807) is 0 Å². The number of aliphatic carboxylic acids is 1. The molecule has 0 bridgehead atoms. The van der Waals surface area contributed by atoms with Crippen molar-refractivity contribution in [2.75, 3.05) is 5.32 Å². The molecular weight excluding hydrogens is 299 g/mol. The van der Waals surface area contributed by atoms with Gasteiger partial charge in [-0.2, -0.15) is 0 Å². The summed E-state index contributed by atoms with van der Waals surface area (Å²) in [5, 5.41) is 14.0. The van der Waals surface area contributed by atoms with E-state index >= 15 is 0 Å². The highest BCUT2D eigenvalue weighted by Crippen LogP contribution is 2.23. The molecule has 0 saturated heterocycles. The molecule has 0 aromatic heterocycles. The molecule has 0 fully saturated rings. The van der Waals surface area contributed by atoms with Crippen molar-refractivity contribution >= 4 is 29.3 Å². The maximum Gasteiger partial charge on any atom is 0.319 e. The van der Waals surface area contributed by atoms with Gasteiger partial charge in [0.15, 0.2) is 0 Å². The Morgan fingerprint density at radius 1 is 1.38 bits per heavy atom. The van der Waals surface area contributed by atoms with Crippen LogP contribution in [0.5, 0.6) is 0 Å². The van der Waals surface area contributed by atoms with E-state index in [0.29, 0.717) is 0 Å². The summed E-state index contributed by atoms with van der Waals surface area (Å²) in [5.74, 6) is -1.68. The highest BCUT2D eigenvalue weighted by molar-refractivity contribution is 6.30. The number of carbonyl (C=O) groups is 2. The molecule has 1 aromatic rings. The molecule has 3 N–H and O–H groups in total. The molecule has 0 aliphatic rings. The Hall–Kier alpha value is -1.82. The van der Waals surface area contributed by atoms with Gasteiger partial charge in [0.2, 0.25) is 0 Å². The monoisotopic (exact) mass is 316 g/mol. The summed E-state index contributed by atoms with van der Waals surface area (Å²) in [7, 11) is 0. The number of nitrogens with one attached hydrogen (secondary N) is 2. The minimum Gasteiger partial charge on any atom is -0.481 e. The number of carboxylic acid groups (broad SMARTS) is 1. The van der Waals surface area contributed by atoms with E-state index in [1.165, 1.54) is 12.1 Å². The number of urea groups is 1. The summed E-state index contributed by atoms with van der Waals surface area (Å²) in [6.07, 6.45) is -0.222. The molecule has 1 aromatic carbocycles. The van der Waals surface area contributed by atoms with Crippen LogP contribution in [0.3, 0.4) is 0 Å². The number of hydrogen-bond acceptors (Lipinski definition) is 2. The third-order valence-corrected chi connectivity index (χ3v) is 3.14. The second-order valence-corrected chi connectivity index (χ2v) is 6.18. The van der Waals surface area contributed by atoms with E-state index in [0.717, 1.165) is 6.07 Å². The standard InChI is InChI=1S/C14H18ClFN2O3/c1-14(2,3)11(7-12(19)20)18-13(21)17-10-5-4-8(15)6-9(10)16/h4-6,11H,7H2,1-3H3,(H,19,20)(H2,17,18,21). The van der Waals surface area contributed by atoms with Crippen LogP contribution in [-0.2, 0) is 4.79 Å². The Bertz CT molecular complexity index is 544. The number of anilines is 1. The Kier molecular flexibility index (Phi) is 5.54. The third kappa shape index (κ3) is 5.59. The van der Waals surface area contributed by atoms with Gasteiger partial charge in [-0.15, -0.1) is 0 Å². The zero-order valence-corrected chi connectivity index (χ0v) is 12.8. The minimum absolute atomic E-state index is 0.0279. The smallest absolute Gasteiger partial charge is 0.319 e. The summed E-state index contributed by atoms with van der Waals surface area (Å²) in [5.41, 5.74) is -0.478. The summed E-state index contributed by atoms with van der Waals surface area (Å²) in [6.45, 7) is 5.43. The topological polar surface area (TPSA) is 78.4 Å². The fourth-order valence-corrected chi connectivity index (χ4v) is 1.81. The molecule has 0 radical (unpaired) electrons. The van der Waals surface area contributed by atoms with Gasteiger partial charge in [0.05, 0.1) is 12.1 Å². The van der Waals surface area contributed by atoms with Crippen LogP contribution in [0.15, 0.2) is 18.2 Å². The maximum absolute atomic E-state index is 13.6. The molecule has 7 heteroatoms. The van der Waals surface area contributed by atoms with Gasteiger partial charge in [0, 0.05) is 11.1 Å². The van der Waals surface area contributed by atoms with E-state index in [-0.39, 0.29) is 17.1 Å². The number of amides is 2. The highest BCUT2D eigenvalue weighted by atomic mass is 35.5. The molecule has 1 unspecified atom stereocenters. The first-order valence-electron chi connectivity index (χ1n) is 6.34. The van der Waals surface area contributed by atoms with E-state index in [2.05, 4.69) is 10.6 Å². The summed E-state index contributed by atoms with van der Waals surface area (Å²) >= 11 is 5.62. The van der Waals surface area contributed by atoms with Gasteiger partial charge in [-0.1, -0.05) is 32.4 Å². The van der Waals surface area contributed by atoms with Crippen LogP contribution in [-0.4, -0.2) is 23.1 Å². The zero-order valence-electron chi connectivity index (χ0n) is 12.0. The molecule has 116 valence electrons. The van der Waals surface area contributed by atoms with Crippen LogP contribution in [0.2, 0.25) is 5.02 Å². The van der Waals surface area contributed by atoms with E-state index in [9.17, 15) is 14.0 Å². The Labute approximate surface area is 127 Å². The molecular formula is C14H18ClFN2O3. The first-order chi connectivity index (χ1) is 9.59. The lowest BCUT2D eigenvalue weighted by molar-refractivity contribution is -0.138. The second-order valence-electron chi connectivity index (χ2n) is 5.74. The molecule has 0 spiro atoms. The number of carboxylic acids is 1.